The summed E-state index contributed by atoms with van der Waals surface area (Å²) in [5.41, 5.74) is 5.12. The van der Waals surface area contributed by atoms with Gasteiger partial charge in [0.25, 0.3) is 0 Å². The summed E-state index contributed by atoms with van der Waals surface area (Å²) >= 11 is 0. The van der Waals surface area contributed by atoms with Crippen LogP contribution in [0.3, 0.4) is 0 Å². The van der Waals surface area contributed by atoms with Gasteiger partial charge in [-0.1, -0.05) is 11.6 Å². The van der Waals surface area contributed by atoms with Gasteiger partial charge in [0.1, 0.15) is 6.04 Å². The van der Waals surface area contributed by atoms with Gasteiger partial charge >= 0.3 is 13.6 Å². The molecule has 0 amide bonds. The van der Waals surface area contributed by atoms with Crippen LogP contribution < -0.4 is 5.73 Å². The fourth-order valence-electron chi connectivity index (χ4n) is 1.15. The molecule has 17 heavy (non-hydrogen) atoms. The second kappa shape index (κ2) is 6.85. The van der Waals surface area contributed by atoms with Crippen molar-refractivity contribution in [3.63, 3.8) is 0 Å². The number of carboxylic acids is 1. The lowest BCUT2D eigenvalue weighted by Gasteiger charge is -2.17. The molecule has 8 nitrogen and oxygen atoms in total. The van der Waals surface area contributed by atoms with Gasteiger partial charge in [-0.05, 0) is 0 Å². The summed E-state index contributed by atoms with van der Waals surface area (Å²) in [6.07, 6.45) is 0.179. The maximum Gasteiger partial charge on any atom is 0.329 e. The first-order chi connectivity index (χ1) is 7.71. The normalized spacial score (nSPS) is 15.1. The van der Waals surface area contributed by atoms with E-state index in [0.717, 1.165) is 6.08 Å². The standard InChI is InChI=1S/C8H16NO7P/c9-7(8(12)13)1-5(4-17(14,15)16)6(2-10)3-11/h1,6-7,10-11H,2-4,9H2,(H,12,13)(H2,14,15,16)/b5-1+. The Morgan fingerprint density at radius 3 is 2.06 bits per heavy atom. The molecule has 100 valence electrons. The van der Waals surface area contributed by atoms with Crippen LogP contribution in [0.1, 0.15) is 0 Å². The third kappa shape index (κ3) is 6.52. The highest BCUT2D eigenvalue weighted by Gasteiger charge is 2.23. The van der Waals surface area contributed by atoms with E-state index in [4.69, 9.17) is 30.8 Å². The molecule has 0 aliphatic rings. The van der Waals surface area contributed by atoms with E-state index in [1.807, 2.05) is 0 Å². The maximum atomic E-state index is 10.8. The van der Waals surface area contributed by atoms with Crippen molar-refractivity contribution in [1.82, 2.24) is 0 Å². The average molecular weight is 269 g/mol. The van der Waals surface area contributed by atoms with Gasteiger partial charge in [0, 0.05) is 5.92 Å². The number of aliphatic hydroxyl groups is 2. The smallest absolute Gasteiger partial charge is 0.329 e. The molecule has 0 heterocycles. The number of aliphatic hydroxyl groups excluding tert-OH is 2. The minimum atomic E-state index is -4.43. The summed E-state index contributed by atoms with van der Waals surface area (Å²) < 4.78 is 10.8. The van der Waals surface area contributed by atoms with Gasteiger partial charge in [0.2, 0.25) is 0 Å². The second-order valence-electron chi connectivity index (χ2n) is 3.49. The monoisotopic (exact) mass is 269 g/mol. The number of nitrogens with two attached hydrogens (primary N) is 1. The van der Waals surface area contributed by atoms with E-state index < -0.39 is 44.9 Å². The number of hydrogen-bond donors (Lipinski definition) is 6. The van der Waals surface area contributed by atoms with Gasteiger partial charge in [0.05, 0.1) is 19.4 Å². The van der Waals surface area contributed by atoms with Crippen LogP contribution in [0.15, 0.2) is 11.6 Å². The van der Waals surface area contributed by atoms with Crippen LogP contribution in [0.2, 0.25) is 0 Å². The van der Waals surface area contributed by atoms with Gasteiger partial charge < -0.3 is 30.8 Å². The van der Waals surface area contributed by atoms with Crippen molar-refractivity contribution in [2.75, 3.05) is 19.4 Å². The quantitative estimate of drug-likeness (QED) is 0.231. The lowest BCUT2D eigenvalue weighted by molar-refractivity contribution is -0.137. The molecule has 0 aliphatic heterocycles. The largest absolute Gasteiger partial charge is 0.480 e. The van der Waals surface area contributed by atoms with Crippen molar-refractivity contribution >= 4 is 13.6 Å². The maximum absolute atomic E-state index is 10.8. The predicted octanol–water partition coefficient (Wildman–Crippen LogP) is -1.90. The summed E-state index contributed by atoms with van der Waals surface area (Å²) in [6.45, 7) is -1.12. The molecule has 0 aliphatic carbocycles. The number of hydrogen-bond acceptors (Lipinski definition) is 5. The average Bonchev–Trinajstić information content (AvgIpc) is 2.16. The summed E-state index contributed by atoms with van der Waals surface area (Å²) in [5.74, 6) is -2.31. The van der Waals surface area contributed by atoms with Gasteiger partial charge in [0.15, 0.2) is 0 Å². The van der Waals surface area contributed by atoms with Gasteiger partial charge in [-0.25, -0.2) is 0 Å². The summed E-state index contributed by atoms with van der Waals surface area (Å²) in [7, 11) is -4.43. The fraction of sp³-hybridized carbons (Fsp3) is 0.625. The number of carbonyl (C=O) groups is 1. The highest BCUT2D eigenvalue weighted by molar-refractivity contribution is 7.52. The minimum absolute atomic E-state index is 0.0711. The van der Waals surface area contributed by atoms with Crippen LogP contribution in [0.4, 0.5) is 0 Å². The Balaban J connectivity index is 5.09. The topological polar surface area (TPSA) is 161 Å². The zero-order chi connectivity index (χ0) is 13.6. The lowest BCUT2D eigenvalue weighted by Crippen LogP contribution is -2.30. The Kier molecular flexibility index (Phi) is 6.54. The number of aliphatic carboxylic acids is 1. The Morgan fingerprint density at radius 1 is 1.29 bits per heavy atom. The predicted molar refractivity (Wildman–Crippen MR) is 58.3 cm³/mol. The summed E-state index contributed by atoms with van der Waals surface area (Å²) in [5, 5.41) is 26.4. The summed E-state index contributed by atoms with van der Waals surface area (Å²) in [6, 6.07) is -1.45. The van der Waals surface area contributed by atoms with Crippen molar-refractivity contribution in [2.24, 2.45) is 11.7 Å². The number of carboxylic acid groups (broad SMARTS) is 1. The van der Waals surface area contributed by atoms with Crippen molar-refractivity contribution < 1.29 is 34.5 Å². The molecule has 0 radical (unpaired) electrons. The first-order valence-electron chi connectivity index (χ1n) is 4.66. The van der Waals surface area contributed by atoms with E-state index >= 15 is 0 Å². The molecule has 0 spiro atoms. The van der Waals surface area contributed by atoms with Gasteiger partial charge in [-0.2, -0.15) is 0 Å². The van der Waals surface area contributed by atoms with Crippen molar-refractivity contribution in [3.8, 4) is 0 Å². The Labute approximate surface area is 97.5 Å². The van der Waals surface area contributed by atoms with Gasteiger partial charge in [-0.3, -0.25) is 9.36 Å². The van der Waals surface area contributed by atoms with E-state index in [-0.39, 0.29) is 5.57 Å². The summed E-state index contributed by atoms with van der Waals surface area (Å²) in [4.78, 5) is 28.1. The molecule has 0 rings (SSSR count). The molecule has 0 saturated heterocycles. The molecule has 1 unspecified atom stereocenters. The molecular formula is C8H16NO7P. The van der Waals surface area contributed by atoms with Gasteiger partial charge in [-0.15, -0.1) is 0 Å². The first kappa shape index (κ1) is 16.2. The molecule has 1 atom stereocenters. The fourth-order valence-corrected chi connectivity index (χ4v) is 1.99. The van der Waals surface area contributed by atoms with Crippen LogP contribution in [-0.2, 0) is 9.36 Å². The van der Waals surface area contributed by atoms with E-state index in [1.54, 1.807) is 0 Å². The molecule has 0 bridgehead atoms. The molecule has 7 N–H and O–H groups in total. The van der Waals surface area contributed by atoms with Crippen LogP contribution in [0.5, 0.6) is 0 Å². The van der Waals surface area contributed by atoms with Crippen molar-refractivity contribution in [2.45, 2.75) is 6.04 Å². The molecule has 0 fully saturated rings. The lowest BCUT2D eigenvalue weighted by atomic mass is 10.0. The molecule has 0 aromatic heterocycles. The van der Waals surface area contributed by atoms with E-state index in [1.165, 1.54) is 0 Å². The Hall–Kier alpha value is -0.760. The zero-order valence-electron chi connectivity index (χ0n) is 8.93. The van der Waals surface area contributed by atoms with E-state index in [0.29, 0.717) is 0 Å². The molecule has 0 aromatic rings. The molecular weight excluding hydrogens is 253 g/mol. The van der Waals surface area contributed by atoms with Crippen molar-refractivity contribution in [1.29, 1.82) is 0 Å². The minimum Gasteiger partial charge on any atom is -0.480 e. The molecule has 9 heteroatoms. The third-order valence-electron chi connectivity index (χ3n) is 2.03. The Bertz CT molecular complexity index is 333. The molecule has 0 aromatic carbocycles. The van der Waals surface area contributed by atoms with E-state index in [9.17, 15) is 9.36 Å². The Morgan fingerprint density at radius 2 is 1.76 bits per heavy atom. The molecule has 0 saturated carbocycles. The first-order valence-corrected chi connectivity index (χ1v) is 6.46. The second-order valence-corrected chi connectivity index (χ2v) is 5.14. The zero-order valence-corrected chi connectivity index (χ0v) is 9.82. The van der Waals surface area contributed by atoms with Crippen LogP contribution in [0.25, 0.3) is 0 Å². The van der Waals surface area contributed by atoms with E-state index in [2.05, 4.69) is 0 Å². The van der Waals surface area contributed by atoms with Crippen LogP contribution in [0, 0.1) is 5.92 Å². The highest BCUT2D eigenvalue weighted by atomic mass is 31.2. The number of rotatable bonds is 7. The SMILES string of the molecule is NC(/C=C(\CP(=O)(O)O)C(CO)CO)C(=O)O. The van der Waals surface area contributed by atoms with Crippen molar-refractivity contribution in [3.05, 3.63) is 11.6 Å². The van der Waals surface area contributed by atoms with Crippen LogP contribution >= 0.6 is 7.60 Å². The van der Waals surface area contributed by atoms with Crippen LogP contribution in [-0.4, -0.2) is 56.5 Å². The highest BCUT2D eigenvalue weighted by Crippen LogP contribution is 2.38. The third-order valence-corrected chi connectivity index (χ3v) is 2.81.